The predicted octanol–water partition coefficient (Wildman–Crippen LogP) is 2.59. The van der Waals surface area contributed by atoms with Crippen molar-refractivity contribution in [2.45, 2.75) is 13.3 Å². The molecule has 0 bridgehead atoms. The van der Waals surface area contributed by atoms with Gasteiger partial charge >= 0.3 is 0 Å². The fraction of sp³-hybridized carbons (Fsp3) is 0.273. The highest BCUT2D eigenvalue weighted by atomic mass is 35.7. The standard InChI is InChI=1S/C11H12ClNO2S/c1-8-9(6-7-16(12,14)15)10-4-2-3-5-11(10)13-8/h2-5,13H,6-7H2,1H3. The summed E-state index contributed by atoms with van der Waals surface area (Å²) < 4.78 is 21.9. The van der Waals surface area contributed by atoms with Gasteiger partial charge in [0, 0.05) is 27.3 Å². The Labute approximate surface area is 98.8 Å². The third kappa shape index (κ3) is 2.39. The second kappa shape index (κ2) is 4.11. The lowest BCUT2D eigenvalue weighted by Gasteiger charge is -1.99. The van der Waals surface area contributed by atoms with Crippen LogP contribution in [0.1, 0.15) is 11.3 Å². The Morgan fingerprint density at radius 3 is 2.69 bits per heavy atom. The molecule has 0 aliphatic carbocycles. The van der Waals surface area contributed by atoms with Crippen LogP contribution in [-0.2, 0) is 15.5 Å². The Balaban J connectivity index is 2.40. The normalized spacial score (nSPS) is 12.1. The number of hydrogen-bond donors (Lipinski definition) is 1. The van der Waals surface area contributed by atoms with E-state index in [0.717, 1.165) is 22.2 Å². The molecule has 1 heterocycles. The molecule has 1 aromatic heterocycles. The maximum Gasteiger partial charge on any atom is 0.232 e. The smallest absolute Gasteiger partial charge is 0.232 e. The highest BCUT2D eigenvalue weighted by Crippen LogP contribution is 2.22. The Morgan fingerprint density at radius 2 is 2.00 bits per heavy atom. The van der Waals surface area contributed by atoms with Gasteiger partial charge in [-0.3, -0.25) is 0 Å². The van der Waals surface area contributed by atoms with E-state index in [0.29, 0.717) is 6.42 Å². The molecular formula is C11H12ClNO2S. The number of H-pyrrole nitrogens is 1. The van der Waals surface area contributed by atoms with E-state index in [1.54, 1.807) is 0 Å². The van der Waals surface area contributed by atoms with Crippen molar-refractivity contribution >= 4 is 30.6 Å². The molecule has 0 amide bonds. The Bertz CT molecular complexity index is 616. The SMILES string of the molecule is Cc1[nH]c2ccccc2c1CCS(=O)(=O)Cl. The average Bonchev–Trinajstić information content (AvgIpc) is 2.49. The van der Waals surface area contributed by atoms with Crippen LogP contribution in [0.15, 0.2) is 24.3 Å². The number of aromatic amines is 1. The molecule has 0 fully saturated rings. The Morgan fingerprint density at radius 1 is 1.31 bits per heavy atom. The van der Waals surface area contributed by atoms with E-state index in [2.05, 4.69) is 4.98 Å². The van der Waals surface area contributed by atoms with Crippen molar-refractivity contribution in [1.29, 1.82) is 0 Å². The molecule has 0 spiro atoms. The molecule has 0 saturated carbocycles. The van der Waals surface area contributed by atoms with Crippen molar-refractivity contribution in [3.8, 4) is 0 Å². The minimum atomic E-state index is -3.43. The van der Waals surface area contributed by atoms with Gasteiger partial charge in [-0.05, 0) is 25.0 Å². The number of hydrogen-bond acceptors (Lipinski definition) is 2. The fourth-order valence-corrected chi connectivity index (χ4v) is 2.56. The molecule has 2 rings (SSSR count). The van der Waals surface area contributed by atoms with Gasteiger partial charge in [-0.1, -0.05) is 18.2 Å². The second-order valence-corrected chi connectivity index (χ2v) is 6.66. The maximum atomic E-state index is 10.9. The highest BCUT2D eigenvalue weighted by Gasteiger charge is 2.11. The highest BCUT2D eigenvalue weighted by molar-refractivity contribution is 8.13. The summed E-state index contributed by atoms with van der Waals surface area (Å²) >= 11 is 0. The lowest BCUT2D eigenvalue weighted by Crippen LogP contribution is -2.01. The van der Waals surface area contributed by atoms with E-state index in [-0.39, 0.29) is 5.75 Å². The van der Waals surface area contributed by atoms with Gasteiger partial charge in [0.25, 0.3) is 0 Å². The summed E-state index contributed by atoms with van der Waals surface area (Å²) in [7, 11) is 1.79. The number of halogens is 1. The van der Waals surface area contributed by atoms with Crippen LogP contribution in [0.3, 0.4) is 0 Å². The zero-order valence-corrected chi connectivity index (χ0v) is 10.4. The molecule has 5 heteroatoms. The molecule has 0 aliphatic rings. The minimum absolute atomic E-state index is 0.0305. The van der Waals surface area contributed by atoms with Crippen molar-refractivity contribution in [1.82, 2.24) is 4.98 Å². The van der Waals surface area contributed by atoms with Crippen molar-refractivity contribution in [3.05, 3.63) is 35.5 Å². The van der Waals surface area contributed by atoms with Gasteiger partial charge < -0.3 is 4.98 Å². The van der Waals surface area contributed by atoms with Crippen molar-refractivity contribution in [3.63, 3.8) is 0 Å². The Kier molecular flexibility index (Phi) is 2.95. The molecular weight excluding hydrogens is 246 g/mol. The van der Waals surface area contributed by atoms with Crippen LogP contribution in [0.2, 0.25) is 0 Å². The number of aryl methyl sites for hydroxylation is 2. The molecule has 86 valence electrons. The van der Waals surface area contributed by atoms with E-state index < -0.39 is 9.05 Å². The number of benzene rings is 1. The van der Waals surface area contributed by atoms with Crippen molar-refractivity contribution in [2.24, 2.45) is 0 Å². The fourth-order valence-electron chi connectivity index (χ4n) is 1.88. The first-order chi connectivity index (χ1) is 7.47. The van der Waals surface area contributed by atoms with Gasteiger partial charge in [-0.15, -0.1) is 0 Å². The van der Waals surface area contributed by atoms with E-state index in [9.17, 15) is 8.42 Å². The number of nitrogens with one attached hydrogen (secondary N) is 1. The van der Waals surface area contributed by atoms with E-state index in [4.69, 9.17) is 10.7 Å². The Hall–Kier alpha value is -1.00. The van der Waals surface area contributed by atoms with E-state index >= 15 is 0 Å². The first kappa shape index (κ1) is 11.5. The summed E-state index contributed by atoms with van der Waals surface area (Å²) in [5.74, 6) is -0.0305. The van der Waals surface area contributed by atoms with Gasteiger partial charge in [-0.2, -0.15) is 0 Å². The largest absolute Gasteiger partial charge is 0.358 e. The van der Waals surface area contributed by atoms with Crippen LogP contribution in [0.5, 0.6) is 0 Å². The third-order valence-electron chi connectivity index (χ3n) is 2.62. The van der Waals surface area contributed by atoms with Gasteiger partial charge in [0.2, 0.25) is 9.05 Å². The molecule has 0 radical (unpaired) electrons. The third-order valence-corrected chi connectivity index (χ3v) is 3.78. The van der Waals surface area contributed by atoms with Gasteiger partial charge in [-0.25, -0.2) is 8.42 Å². The topological polar surface area (TPSA) is 49.9 Å². The molecule has 3 nitrogen and oxygen atoms in total. The monoisotopic (exact) mass is 257 g/mol. The van der Waals surface area contributed by atoms with Crippen LogP contribution < -0.4 is 0 Å². The molecule has 1 aromatic carbocycles. The van der Waals surface area contributed by atoms with Crippen molar-refractivity contribution in [2.75, 3.05) is 5.75 Å². The quantitative estimate of drug-likeness (QED) is 0.860. The van der Waals surface area contributed by atoms with Crippen molar-refractivity contribution < 1.29 is 8.42 Å². The summed E-state index contributed by atoms with van der Waals surface area (Å²) in [6.45, 7) is 1.94. The van der Waals surface area contributed by atoms with Gasteiger partial charge in [0.05, 0.1) is 5.75 Å². The number of fused-ring (bicyclic) bond motifs is 1. The summed E-state index contributed by atoms with van der Waals surface area (Å²) in [5, 5.41) is 1.07. The molecule has 0 atom stereocenters. The first-order valence-corrected chi connectivity index (χ1v) is 7.44. The minimum Gasteiger partial charge on any atom is -0.358 e. The lowest BCUT2D eigenvalue weighted by molar-refractivity contribution is 0.609. The molecule has 0 saturated heterocycles. The molecule has 1 N–H and O–H groups in total. The lowest BCUT2D eigenvalue weighted by atomic mass is 10.1. The van der Waals surface area contributed by atoms with E-state index in [1.807, 2.05) is 31.2 Å². The first-order valence-electron chi connectivity index (χ1n) is 4.96. The van der Waals surface area contributed by atoms with Gasteiger partial charge in [0.1, 0.15) is 0 Å². The predicted molar refractivity (Wildman–Crippen MR) is 66.4 cm³/mol. The zero-order chi connectivity index (χ0) is 11.8. The number of aromatic nitrogens is 1. The summed E-state index contributed by atoms with van der Waals surface area (Å²) in [6.07, 6.45) is 0.446. The van der Waals surface area contributed by atoms with Gasteiger partial charge in [0.15, 0.2) is 0 Å². The number of para-hydroxylation sites is 1. The van der Waals surface area contributed by atoms with Crippen LogP contribution in [0.25, 0.3) is 10.9 Å². The number of rotatable bonds is 3. The summed E-state index contributed by atoms with van der Waals surface area (Å²) in [6, 6.07) is 7.84. The molecule has 16 heavy (non-hydrogen) atoms. The van der Waals surface area contributed by atoms with E-state index in [1.165, 1.54) is 0 Å². The summed E-state index contributed by atoms with van der Waals surface area (Å²) in [4.78, 5) is 3.23. The second-order valence-electron chi connectivity index (χ2n) is 3.77. The van der Waals surface area contributed by atoms with Crippen LogP contribution in [0.4, 0.5) is 0 Å². The van der Waals surface area contributed by atoms with Crippen LogP contribution in [-0.4, -0.2) is 19.2 Å². The zero-order valence-electron chi connectivity index (χ0n) is 8.83. The average molecular weight is 258 g/mol. The van der Waals surface area contributed by atoms with Crippen LogP contribution >= 0.6 is 10.7 Å². The molecule has 0 aliphatic heterocycles. The molecule has 2 aromatic rings. The maximum absolute atomic E-state index is 10.9. The molecule has 0 unspecified atom stereocenters. The summed E-state index contributed by atoms with van der Waals surface area (Å²) in [5.41, 5.74) is 3.06. The van der Waals surface area contributed by atoms with Crippen LogP contribution in [0, 0.1) is 6.92 Å².